The number of carbonyl (C=O) groups excluding carboxylic acids is 2. The Kier molecular flexibility index (Phi) is 13.4. The van der Waals surface area contributed by atoms with E-state index in [9.17, 15) is 35.9 Å². The van der Waals surface area contributed by atoms with Crippen molar-refractivity contribution in [2.45, 2.75) is 50.9 Å². The van der Waals surface area contributed by atoms with E-state index in [1.807, 2.05) is 0 Å². The van der Waals surface area contributed by atoms with E-state index in [0.29, 0.717) is 12.2 Å². The van der Waals surface area contributed by atoms with Gasteiger partial charge in [0, 0.05) is 7.05 Å². The molecule has 0 rings (SSSR count). The number of hydrogen-bond acceptors (Lipinski definition) is 6. The van der Waals surface area contributed by atoms with Crippen molar-refractivity contribution in [1.29, 1.82) is 0 Å². The fourth-order valence-corrected chi connectivity index (χ4v) is 1.47. The van der Waals surface area contributed by atoms with Gasteiger partial charge in [-0.1, -0.05) is 12.2 Å². The summed E-state index contributed by atoms with van der Waals surface area (Å²) in [6.45, 7) is 9.31. The van der Waals surface area contributed by atoms with Crippen molar-refractivity contribution in [2.24, 2.45) is 0 Å². The second kappa shape index (κ2) is 13.3. The Morgan fingerprint density at radius 1 is 0.903 bits per heavy atom. The Morgan fingerprint density at radius 3 is 1.58 bits per heavy atom. The van der Waals surface area contributed by atoms with Gasteiger partial charge < -0.3 is 14.2 Å². The first-order valence-electron chi connectivity index (χ1n) is 8.53. The van der Waals surface area contributed by atoms with Crippen LogP contribution in [-0.4, -0.2) is 74.5 Å². The molecular weight excluding hydrogens is 440 g/mol. The second-order valence-electron chi connectivity index (χ2n) is 6.68. The van der Waals surface area contributed by atoms with Crippen LogP contribution in [0.4, 0.5) is 26.3 Å². The first-order valence-corrected chi connectivity index (χ1v) is 8.53. The van der Waals surface area contributed by atoms with E-state index in [-0.39, 0.29) is 0 Å². The van der Waals surface area contributed by atoms with E-state index in [0.717, 1.165) is 5.06 Å². The SMILES string of the molecule is C=CC(OCC(=O)N(C)OC)C(F)(F)F.C=CC(OCC(=O)OC(C)(C)C)C(F)(F)F. The third-order valence-corrected chi connectivity index (χ3v) is 2.89. The lowest BCUT2D eigenvalue weighted by Gasteiger charge is -2.21. The van der Waals surface area contributed by atoms with Gasteiger partial charge in [-0.15, -0.1) is 13.2 Å². The molecule has 0 aliphatic rings. The quantitative estimate of drug-likeness (QED) is 0.223. The van der Waals surface area contributed by atoms with Crippen LogP contribution in [-0.2, 0) is 28.6 Å². The third-order valence-electron chi connectivity index (χ3n) is 2.89. The molecule has 0 aromatic rings. The number of ether oxygens (including phenoxy) is 3. The summed E-state index contributed by atoms with van der Waals surface area (Å²) in [5.74, 6) is -1.56. The van der Waals surface area contributed by atoms with Crippen molar-refractivity contribution in [3.63, 3.8) is 0 Å². The van der Waals surface area contributed by atoms with Gasteiger partial charge in [-0.05, 0) is 20.8 Å². The highest BCUT2D eigenvalue weighted by atomic mass is 19.4. The largest absolute Gasteiger partial charge is 0.458 e. The zero-order valence-corrected chi connectivity index (χ0v) is 17.8. The topological polar surface area (TPSA) is 74.3 Å². The zero-order valence-electron chi connectivity index (χ0n) is 17.8. The van der Waals surface area contributed by atoms with Gasteiger partial charge in [0.2, 0.25) is 0 Å². The molecular formula is C18H27F6NO6. The first-order chi connectivity index (χ1) is 13.9. The van der Waals surface area contributed by atoms with Crippen LogP contribution in [0.2, 0.25) is 0 Å². The normalized spacial score (nSPS) is 13.9. The maximum atomic E-state index is 12.2. The number of halogens is 6. The molecule has 0 radical (unpaired) electrons. The summed E-state index contributed by atoms with van der Waals surface area (Å²) < 4.78 is 86.2. The zero-order chi connectivity index (χ0) is 25.0. The molecule has 1 amide bonds. The maximum absolute atomic E-state index is 12.2. The number of amides is 1. The van der Waals surface area contributed by atoms with Gasteiger partial charge in [0.05, 0.1) is 7.11 Å². The molecule has 0 fully saturated rings. The molecule has 0 saturated heterocycles. The number of hydrogen-bond donors (Lipinski definition) is 0. The van der Waals surface area contributed by atoms with Crippen LogP contribution >= 0.6 is 0 Å². The smallest absolute Gasteiger partial charge is 0.418 e. The van der Waals surface area contributed by atoms with Crippen LogP contribution in [0.15, 0.2) is 25.3 Å². The molecule has 0 bridgehead atoms. The Bertz CT molecular complexity index is 586. The van der Waals surface area contributed by atoms with E-state index in [1.54, 1.807) is 20.8 Å². The molecule has 0 heterocycles. The summed E-state index contributed by atoms with van der Waals surface area (Å²) in [5.41, 5.74) is -0.748. The van der Waals surface area contributed by atoms with E-state index < -0.39 is 55.3 Å². The third kappa shape index (κ3) is 15.3. The molecule has 7 nitrogen and oxygen atoms in total. The van der Waals surface area contributed by atoms with Gasteiger partial charge in [0.25, 0.3) is 5.91 Å². The molecule has 0 aliphatic carbocycles. The van der Waals surface area contributed by atoms with Gasteiger partial charge in [-0.3, -0.25) is 9.63 Å². The molecule has 13 heteroatoms. The predicted molar refractivity (Wildman–Crippen MR) is 97.6 cm³/mol. The lowest BCUT2D eigenvalue weighted by atomic mass is 10.2. The van der Waals surface area contributed by atoms with E-state index in [1.165, 1.54) is 14.2 Å². The van der Waals surface area contributed by atoms with Gasteiger partial charge in [-0.2, -0.15) is 26.3 Å². The Morgan fingerprint density at radius 2 is 1.29 bits per heavy atom. The second-order valence-corrected chi connectivity index (χ2v) is 6.68. The number of hydroxylamine groups is 2. The average Bonchev–Trinajstić information content (AvgIpc) is 2.58. The summed E-state index contributed by atoms with van der Waals surface area (Å²) in [6, 6.07) is 0. The van der Waals surface area contributed by atoms with Gasteiger partial charge in [0.1, 0.15) is 18.8 Å². The summed E-state index contributed by atoms with van der Waals surface area (Å²) in [5, 5.41) is 0.774. The molecule has 0 N–H and O–H groups in total. The minimum absolute atomic E-state index is 0.583. The number of likely N-dealkylation sites (N-methyl/N-ethyl adjacent to an activating group) is 1. The minimum Gasteiger partial charge on any atom is -0.458 e. The average molecular weight is 467 g/mol. The standard InChI is InChI=1S/C10H15F3O3.C8H12F3NO3/c1-5-7(10(11,12)13)15-6-8(14)16-9(2,3)4;1-4-6(8(9,10)11)15-5-7(13)12(2)14-3/h5,7H,1,6H2,2-4H3;4,6H,1,5H2,2-3H3. The highest BCUT2D eigenvalue weighted by Crippen LogP contribution is 2.24. The molecule has 0 aliphatic heterocycles. The van der Waals surface area contributed by atoms with Crippen molar-refractivity contribution < 1.29 is 55.0 Å². The van der Waals surface area contributed by atoms with Crippen molar-refractivity contribution in [2.75, 3.05) is 27.4 Å². The Hall–Kier alpha value is -2.12. The van der Waals surface area contributed by atoms with Crippen molar-refractivity contribution in [3.8, 4) is 0 Å². The summed E-state index contributed by atoms with van der Waals surface area (Å²) >= 11 is 0. The number of alkyl halides is 6. The van der Waals surface area contributed by atoms with Crippen LogP contribution in [0.25, 0.3) is 0 Å². The Balaban J connectivity index is 0. The highest BCUT2D eigenvalue weighted by molar-refractivity contribution is 5.76. The van der Waals surface area contributed by atoms with Gasteiger partial charge in [0.15, 0.2) is 12.2 Å². The molecule has 0 aromatic heterocycles. The number of carbonyl (C=O) groups is 2. The molecule has 2 unspecified atom stereocenters. The first kappa shape index (κ1) is 31.1. The predicted octanol–water partition coefficient (Wildman–Crippen LogP) is 3.60. The van der Waals surface area contributed by atoms with E-state index in [2.05, 4.69) is 27.5 Å². The van der Waals surface area contributed by atoms with Crippen molar-refractivity contribution >= 4 is 11.9 Å². The lowest BCUT2D eigenvalue weighted by molar-refractivity contribution is -0.211. The van der Waals surface area contributed by atoms with Gasteiger partial charge in [-0.25, -0.2) is 9.86 Å². The molecule has 2 atom stereocenters. The minimum atomic E-state index is -4.57. The fraction of sp³-hybridized carbons (Fsp3) is 0.667. The van der Waals surface area contributed by atoms with Crippen molar-refractivity contribution in [1.82, 2.24) is 5.06 Å². The fourth-order valence-electron chi connectivity index (χ4n) is 1.47. The molecule has 31 heavy (non-hydrogen) atoms. The van der Waals surface area contributed by atoms with E-state index >= 15 is 0 Å². The van der Waals surface area contributed by atoms with Crippen LogP contribution in [0, 0.1) is 0 Å². The molecule has 0 aromatic carbocycles. The van der Waals surface area contributed by atoms with Crippen LogP contribution in [0.1, 0.15) is 20.8 Å². The summed E-state index contributed by atoms with van der Waals surface area (Å²) in [4.78, 5) is 26.5. The number of nitrogens with zero attached hydrogens (tertiary/aromatic N) is 1. The monoisotopic (exact) mass is 467 g/mol. The van der Waals surface area contributed by atoms with Crippen molar-refractivity contribution in [3.05, 3.63) is 25.3 Å². The number of esters is 1. The number of rotatable bonds is 9. The maximum Gasteiger partial charge on any atom is 0.418 e. The van der Waals surface area contributed by atoms with Crippen LogP contribution in [0.3, 0.4) is 0 Å². The van der Waals surface area contributed by atoms with Crippen LogP contribution < -0.4 is 0 Å². The van der Waals surface area contributed by atoms with E-state index in [4.69, 9.17) is 4.74 Å². The van der Waals surface area contributed by atoms with Gasteiger partial charge >= 0.3 is 18.3 Å². The molecule has 0 saturated carbocycles. The summed E-state index contributed by atoms with van der Waals surface area (Å²) in [7, 11) is 2.48. The lowest BCUT2D eigenvalue weighted by Crippen LogP contribution is -2.35. The van der Waals surface area contributed by atoms with Crippen LogP contribution in [0.5, 0.6) is 0 Å². The Labute approximate surface area is 176 Å². The highest BCUT2D eigenvalue weighted by Gasteiger charge is 2.39. The molecule has 0 spiro atoms. The summed E-state index contributed by atoms with van der Waals surface area (Å²) in [6.07, 6.45) is -12.3. The molecule has 182 valence electrons.